The quantitative estimate of drug-likeness (QED) is 0.245. The van der Waals surface area contributed by atoms with Gasteiger partial charge >= 0.3 is 0 Å². The fourth-order valence-corrected chi connectivity index (χ4v) is 3.40. The normalized spacial score (nSPS) is 10.9. The lowest BCUT2D eigenvalue weighted by Crippen LogP contribution is -2.19. The monoisotopic (exact) mass is 439 g/mol. The van der Waals surface area contributed by atoms with Gasteiger partial charge in [-0.3, -0.25) is 14.9 Å². The Morgan fingerprint density at radius 1 is 0.970 bits per heavy atom. The van der Waals surface area contributed by atoms with Gasteiger partial charge in [-0.25, -0.2) is 10.4 Å². The number of hydrogen-bond donors (Lipinski definition) is 1. The van der Waals surface area contributed by atoms with Crippen LogP contribution in [0.4, 0.5) is 5.69 Å². The van der Waals surface area contributed by atoms with E-state index in [1.54, 1.807) is 18.5 Å². The van der Waals surface area contributed by atoms with E-state index in [0.717, 1.165) is 22.5 Å². The topological polar surface area (TPSA) is 102 Å². The third kappa shape index (κ3) is 5.37. The summed E-state index contributed by atoms with van der Waals surface area (Å²) in [6, 6.07) is 25.8. The van der Waals surface area contributed by atoms with Crippen LogP contribution in [0.5, 0.6) is 0 Å². The predicted octanol–water partition coefficient (Wildman–Crippen LogP) is 4.67. The van der Waals surface area contributed by atoms with E-state index in [-0.39, 0.29) is 18.0 Å². The molecule has 0 unspecified atom stereocenters. The minimum Gasteiger partial charge on any atom is -0.330 e. The van der Waals surface area contributed by atoms with Gasteiger partial charge in [0.25, 0.3) is 5.69 Å². The molecule has 3 aromatic carbocycles. The first kappa shape index (κ1) is 21.6. The van der Waals surface area contributed by atoms with Gasteiger partial charge in [0.2, 0.25) is 5.91 Å². The first-order chi connectivity index (χ1) is 16.1. The lowest BCUT2D eigenvalue weighted by molar-refractivity contribution is -0.384. The number of nitrogens with zero attached hydrogens (tertiary/aromatic N) is 4. The molecule has 0 aliphatic rings. The summed E-state index contributed by atoms with van der Waals surface area (Å²) in [6.07, 6.45) is 3.40. The van der Waals surface area contributed by atoms with E-state index in [4.69, 9.17) is 0 Å². The number of carbonyl (C=O) groups excluding carboxylic acids is 1. The Labute approximate surface area is 190 Å². The van der Waals surface area contributed by atoms with Gasteiger partial charge in [0.05, 0.1) is 28.9 Å². The number of nitrogens with one attached hydrogen (secondary N) is 1. The average molecular weight is 439 g/mol. The van der Waals surface area contributed by atoms with E-state index >= 15 is 0 Å². The zero-order valence-electron chi connectivity index (χ0n) is 17.7. The zero-order chi connectivity index (χ0) is 23.0. The summed E-state index contributed by atoms with van der Waals surface area (Å²) in [6.45, 7) is 0.433. The highest BCUT2D eigenvalue weighted by Crippen LogP contribution is 2.31. The van der Waals surface area contributed by atoms with Crippen LogP contribution in [0.25, 0.3) is 22.5 Å². The molecule has 8 heteroatoms. The second-order valence-corrected chi connectivity index (χ2v) is 7.26. The van der Waals surface area contributed by atoms with E-state index in [2.05, 4.69) is 15.5 Å². The van der Waals surface area contributed by atoms with Gasteiger partial charge in [0.1, 0.15) is 0 Å². The molecule has 0 fully saturated rings. The van der Waals surface area contributed by atoms with Crippen LogP contribution >= 0.6 is 0 Å². The summed E-state index contributed by atoms with van der Waals surface area (Å²) < 4.78 is 1.97. The molecule has 0 aliphatic carbocycles. The molecule has 0 bridgehead atoms. The second-order valence-electron chi connectivity index (χ2n) is 7.26. The van der Waals surface area contributed by atoms with Crippen molar-refractivity contribution in [3.05, 3.63) is 107 Å². The number of imidazole rings is 1. The Morgan fingerprint density at radius 2 is 1.61 bits per heavy atom. The Bertz CT molecular complexity index is 1270. The van der Waals surface area contributed by atoms with Gasteiger partial charge < -0.3 is 4.57 Å². The number of rotatable bonds is 8. The highest BCUT2D eigenvalue weighted by atomic mass is 16.6. The first-order valence-electron chi connectivity index (χ1n) is 10.3. The van der Waals surface area contributed by atoms with Gasteiger partial charge in [-0.05, 0) is 17.7 Å². The minimum absolute atomic E-state index is 0.000565. The number of hydrogen-bond acceptors (Lipinski definition) is 5. The Morgan fingerprint density at radius 3 is 2.24 bits per heavy atom. The number of aromatic nitrogens is 2. The number of benzene rings is 3. The number of hydrazone groups is 1. The molecular weight excluding hydrogens is 418 g/mol. The molecule has 1 heterocycles. The van der Waals surface area contributed by atoms with Crippen molar-refractivity contribution in [2.24, 2.45) is 5.10 Å². The smallest absolute Gasteiger partial charge is 0.269 e. The van der Waals surface area contributed by atoms with Gasteiger partial charge in [-0.1, -0.05) is 60.7 Å². The average Bonchev–Trinajstić information content (AvgIpc) is 3.28. The Hall–Kier alpha value is -4.59. The van der Waals surface area contributed by atoms with Crippen molar-refractivity contribution in [2.45, 2.75) is 13.0 Å². The summed E-state index contributed by atoms with van der Waals surface area (Å²) in [7, 11) is 0. The Balaban J connectivity index is 1.44. The molecule has 4 rings (SSSR count). The van der Waals surface area contributed by atoms with Crippen LogP contribution in [0, 0.1) is 10.1 Å². The third-order valence-electron chi connectivity index (χ3n) is 5.02. The summed E-state index contributed by atoms with van der Waals surface area (Å²) in [5.74, 6) is -0.248. The molecule has 33 heavy (non-hydrogen) atoms. The summed E-state index contributed by atoms with van der Waals surface area (Å²) in [4.78, 5) is 27.2. The number of aryl methyl sites for hydroxylation is 1. The number of nitro groups is 1. The van der Waals surface area contributed by atoms with Crippen molar-refractivity contribution in [2.75, 3.05) is 0 Å². The predicted molar refractivity (Wildman–Crippen MR) is 127 cm³/mol. The lowest BCUT2D eigenvalue weighted by atomic mass is 10.0. The molecule has 0 saturated heterocycles. The van der Waals surface area contributed by atoms with Crippen molar-refractivity contribution in [1.29, 1.82) is 0 Å². The molecule has 0 atom stereocenters. The number of carbonyl (C=O) groups is 1. The van der Waals surface area contributed by atoms with E-state index in [1.165, 1.54) is 18.3 Å². The zero-order valence-corrected chi connectivity index (χ0v) is 17.7. The molecule has 0 spiro atoms. The minimum atomic E-state index is -0.467. The molecule has 0 radical (unpaired) electrons. The van der Waals surface area contributed by atoms with Crippen molar-refractivity contribution >= 4 is 17.8 Å². The highest BCUT2D eigenvalue weighted by molar-refractivity contribution is 5.83. The molecule has 8 nitrogen and oxygen atoms in total. The molecule has 0 saturated carbocycles. The van der Waals surface area contributed by atoms with E-state index in [9.17, 15) is 14.9 Å². The summed E-state index contributed by atoms with van der Waals surface area (Å²) in [5.41, 5.74) is 6.98. The molecule has 1 N–H and O–H groups in total. The molecule has 1 amide bonds. The van der Waals surface area contributed by atoms with Gasteiger partial charge in [-0.2, -0.15) is 5.10 Å². The van der Waals surface area contributed by atoms with Crippen LogP contribution in [0.2, 0.25) is 0 Å². The van der Waals surface area contributed by atoms with Gasteiger partial charge in [-0.15, -0.1) is 0 Å². The van der Waals surface area contributed by atoms with Crippen LogP contribution in [-0.2, 0) is 11.3 Å². The van der Waals surface area contributed by atoms with Crippen LogP contribution in [0.3, 0.4) is 0 Å². The third-order valence-corrected chi connectivity index (χ3v) is 5.02. The van der Waals surface area contributed by atoms with Crippen molar-refractivity contribution in [3.8, 4) is 22.5 Å². The van der Waals surface area contributed by atoms with Crippen LogP contribution in [-0.4, -0.2) is 26.6 Å². The number of nitro benzene ring substituents is 1. The van der Waals surface area contributed by atoms with Crippen LogP contribution in [0.15, 0.2) is 96.4 Å². The molecule has 4 aromatic rings. The summed E-state index contributed by atoms with van der Waals surface area (Å²) >= 11 is 0. The molecule has 0 aliphatic heterocycles. The maximum absolute atomic E-state index is 12.3. The van der Waals surface area contributed by atoms with Crippen molar-refractivity contribution in [1.82, 2.24) is 15.0 Å². The SMILES string of the molecule is O=C(CCn1cnc(-c2ccccc2)c1-c1ccccc1)NN=Cc1ccc([N+](=O)[O-])cc1. The Kier molecular flexibility index (Phi) is 6.65. The molecule has 164 valence electrons. The highest BCUT2D eigenvalue weighted by Gasteiger charge is 2.15. The van der Waals surface area contributed by atoms with Crippen LogP contribution < -0.4 is 5.43 Å². The van der Waals surface area contributed by atoms with Crippen molar-refractivity contribution < 1.29 is 9.72 Å². The van der Waals surface area contributed by atoms with Crippen LogP contribution in [0.1, 0.15) is 12.0 Å². The molecular formula is C25H21N5O3. The maximum Gasteiger partial charge on any atom is 0.269 e. The van der Waals surface area contributed by atoms with Gasteiger partial charge in [0, 0.05) is 36.2 Å². The fraction of sp³-hybridized carbons (Fsp3) is 0.0800. The van der Waals surface area contributed by atoms with E-state index in [0.29, 0.717) is 12.1 Å². The van der Waals surface area contributed by atoms with E-state index in [1.807, 2.05) is 65.2 Å². The van der Waals surface area contributed by atoms with Crippen molar-refractivity contribution in [3.63, 3.8) is 0 Å². The second kappa shape index (κ2) is 10.1. The lowest BCUT2D eigenvalue weighted by Gasteiger charge is -2.10. The van der Waals surface area contributed by atoms with Gasteiger partial charge in [0.15, 0.2) is 0 Å². The largest absolute Gasteiger partial charge is 0.330 e. The van der Waals surface area contributed by atoms with E-state index < -0.39 is 4.92 Å². The summed E-state index contributed by atoms with van der Waals surface area (Å²) in [5, 5.41) is 14.7. The number of non-ortho nitro benzene ring substituents is 1. The fourth-order valence-electron chi connectivity index (χ4n) is 3.40. The standard InChI is InChI=1S/C25H21N5O3/c31-23(28-27-17-19-11-13-22(14-12-19)30(32)33)15-16-29-18-26-24(20-7-3-1-4-8-20)25(29)21-9-5-2-6-10-21/h1-14,17-18H,15-16H2,(H,28,31). The first-order valence-corrected chi connectivity index (χ1v) is 10.3. The number of amides is 1. The molecule has 1 aromatic heterocycles. The maximum atomic E-state index is 12.3.